The number of aromatic nitrogens is 3. The number of hydrogen-bond donors (Lipinski definition) is 1. The van der Waals surface area contributed by atoms with Crippen molar-refractivity contribution in [3.63, 3.8) is 0 Å². The van der Waals surface area contributed by atoms with Gasteiger partial charge in [-0.2, -0.15) is 0 Å². The van der Waals surface area contributed by atoms with Crippen LogP contribution in [0.15, 0.2) is 55.1 Å². The number of anilines is 1. The van der Waals surface area contributed by atoms with Gasteiger partial charge < -0.3 is 14.8 Å². The molecule has 0 saturated heterocycles. The first kappa shape index (κ1) is 21.4. The summed E-state index contributed by atoms with van der Waals surface area (Å²) in [5.41, 5.74) is 1.57. The second kappa shape index (κ2) is 9.09. The van der Waals surface area contributed by atoms with E-state index in [2.05, 4.69) is 22.1 Å². The Morgan fingerprint density at radius 3 is 2.75 bits per heavy atom. The molecule has 9 heteroatoms. The number of carbonyl (C=O) groups excluding carboxylic acids is 2. The number of nitrogens with zero attached hydrogens (tertiary/aromatic N) is 4. The second-order valence-corrected chi connectivity index (χ2v) is 7.46. The number of rotatable bonds is 6. The van der Waals surface area contributed by atoms with E-state index in [1.165, 1.54) is 18.2 Å². The molecule has 0 spiro atoms. The molecule has 2 amide bonds. The largest absolute Gasteiger partial charge is 0.333 e. The van der Waals surface area contributed by atoms with Gasteiger partial charge in [-0.15, -0.1) is 10.2 Å². The summed E-state index contributed by atoms with van der Waals surface area (Å²) in [6.07, 6.45) is 1.47. The van der Waals surface area contributed by atoms with Crippen LogP contribution in [-0.4, -0.2) is 38.0 Å². The molecule has 0 unspecified atom stereocenters. The molecule has 0 saturated carbocycles. The van der Waals surface area contributed by atoms with Crippen LogP contribution in [0.4, 0.5) is 14.5 Å². The fourth-order valence-electron chi connectivity index (χ4n) is 3.66. The molecule has 0 radical (unpaired) electrons. The Hall–Kier alpha value is -3.88. The molecule has 164 valence electrons. The number of fused-ring (bicyclic) bond motifs is 1. The Morgan fingerprint density at radius 2 is 1.94 bits per heavy atom. The zero-order chi connectivity index (χ0) is 22.7. The first-order chi connectivity index (χ1) is 15.4. The maximum Gasteiger partial charge on any atom is 0.247 e. The Balaban J connectivity index is 1.42. The quantitative estimate of drug-likeness (QED) is 0.602. The van der Waals surface area contributed by atoms with Crippen LogP contribution in [0, 0.1) is 11.6 Å². The summed E-state index contributed by atoms with van der Waals surface area (Å²) >= 11 is 0. The summed E-state index contributed by atoms with van der Waals surface area (Å²) in [5, 5.41) is 10.9. The second-order valence-electron chi connectivity index (χ2n) is 7.46. The maximum absolute atomic E-state index is 14.0. The summed E-state index contributed by atoms with van der Waals surface area (Å²) in [5.74, 6) is -1.05. The molecule has 2 aromatic carbocycles. The molecule has 32 heavy (non-hydrogen) atoms. The average molecular weight is 437 g/mol. The number of carbonyl (C=O) groups is 2. The molecule has 0 fully saturated rings. The van der Waals surface area contributed by atoms with E-state index >= 15 is 0 Å². The predicted molar refractivity (Wildman–Crippen MR) is 114 cm³/mol. The van der Waals surface area contributed by atoms with E-state index in [4.69, 9.17) is 0 Å². The molecule has 4 rings (SSSR count). The lowest BCUT2D eigenvalue weighted by molar-refractivity contribution is -0.132. The third-order valence-electron chi connectivity index (χ3n) is 5.30. The van der Waals surface area contributed by atoms with Crippen molar-refractivity contribution in [3.05, 3.63) is 89.5 Å². The third-order valence-corrected chi connectivity index (χ3v) is 5.30. The summed E-state index contributed by atoms with van der Waals surface area (Å²) in [6, 6.07) is 11.1. The van der Waals surface area contributed by atoms with Crippen molar-refractivity contribution in [3.8, 4) is 0 Å². The van der Waals surface area contributed by atoms with Crippen molar-refractivity contribution < 1.29 is 18.4 Å². The van der Waals surface area contributed by atoms with Gasteiger partial charge in [0.25, 0.3) is 0 Å². The summed E-state index contributed by atoms with van der Waals surface area (Å²) in [6.45, 7) is 4.62. The fourth-order valence-corrected chi connectivity index (χ4v) is 3.66. The van der Waals surface area contributed by atoms with Crippen molar-refractivity contribution >= 4 is 17.5 Å². The first-order valence-corrected chi connectivity index (χ1v) is 10.1. The highest BCUT2D eigenvalue weighted by Gasteiger charge is 2.25. The topological polar surface area (TPSA) is 80.1 Å². The van der Waals surface area contributed by atoms with Crippen LogP contribution in [0.3, 0.4) is 0 Å². The van der Waals surface area contributed by atoms with E-state index in [0.717, 1.165) is 11.6 Å². The van der Waals surface area contributed by atoms with Gasteiger partial charge in [0, 0.05) is 25.2 Å². The monoisotopic (exact) mass is 437 g/mol. The van der Waals surface area contributed by atoms with Gasteiger partial charge in [-0.3, -0.25) is 9.59 Å². The van der Waals surface area contributed by atoms with Crippen LogP contribution in [0.5, 0.6) is 0 Å². The van der Waals surface area contributed by atoms with E-state index in [1.807, 2.05) is 10.6 Å². The van der Waals surface area contributed by atoms with Gasteiger partial charge in [0.2, 0.25) is 11.8 Å². The molecule has 0 atom stereocenters. The molecule has 0 aliphatic carbocycles. The van der Waals surface area contributed by atoms with E-state index in [1.54, 1.807) is 23.1 Å². The third kappa shape index (κ3) is 4.56. The average Bonchev–Trinajstić information content (AvgIpc) is 3.19. The van der Waals surface area contributed by atoms with E-state index < -0.39 is 11.6 Å². The standard InChI is InChI=1S/C23H21F2N5O2/c1-2-21(31)26-17-7-3-5-15(11-17)12-22(32)29-9-10-30-19(27-28-20(30)14-29)13-16-6-4-8-18(24)23(16)25/h2-8,11H,1,9-10,12-14H2,(H,26,31). The molecule has 3 aromatic rings. The van der Waals surface area contributed by atoms with Gasteiger partial charge in [-0.1, -0.05) is 30.8 Å². The van der Waals surface area contributed by atoms with Crippen LogP contribution >= 0.6 is 0 Å². The summed E-state index contributed by atoms with van der Waals surface area (Å²) in [4.78, 5) is 26.0. The Bertz CT molecular complexity index is 1190. The molecule has 0 bridgehead atoms. The molecular formula is C23H21F2N5O2. The zero-order valence-corrected chi connectivity index (χ0v) is 17.2. The van der Waals surface area contributed by atoms with Crippen molar-refractivity contribution in [1.29, 1.82) is 0 Å². The van der Waals surface area contributed by atoms with Crippen LogP contribution in [0.2, 0.25) is 0 Å². The number of halogens is 2. The molecule has 1 aliphatic heterocycles. The molecule has 1 aromatic heterocycles. The summed E-state index contributed by atoms with van der Waals surface area (Å²) in [7, 11) is 0. The van der Waals surface area contributed by atoms with Crippen LogP contribution in [-0.2, 0) is 35.5 Å². The van der Waals surface area contributed by atoms with Crippen molar-refractivity contribution in [2.45, 2.75) is 25.9 Å². The van der Waals surface area contributed by atoms with Gasteiger partial charge in [0.05, 0.1) is 13.0 Å². The first-order valence-electron chi connectivity index (χ1n) is 10.1. The van der Waals surface area contributed by atoms with E-state index in [0.29, 0.717) is 30.4 Å². The number of benzene rings is 2. The van der Waals surface area contributed by atoms with Gasteiger partial charge in [0.1, 0.15) is 5.82 Å². The molecule has 1 N–H and O–H groups in total. The number of hydrogen-bond acceptors (Lipinski definition) is 4. The Kier molecular flexibility index (Phi) is 6.07. The van der Waals surface area contributed by atoms with Crippen LogP contribution in [0.25, 0.3) is 0 Å². The molecule has 1 aliphatic rings. The minimum Gasteiger partial charge on any atom is -0.333 e. The lowest BCUT2D eigenvalue weighted by Gasteiger charge is -2.28. The van der Waals surface area contributed by atoms with Crippen molar-refractivity contribution in [1.82, 2.24) is 19.7 Å². The highest BCUT2D eigenvalue weighted by atomic mass is 19.2. The highest BCUT2D eigenvalue weighted by molar-refractivity contribution is 5.98. The fraction of sp³-hybridized carbons (Fsp3) is 0.217. The van der Waals surface area contributed by atoms with Gasteiger partial charge >= 0.3 is 0 Å². The van der Waals surface area contributed by atoms with Crippen molar-refractivity contribution in [2.24, 2.45) is 0 Å². The Morgan fingerprint density at radius 1 is 1.12 bits per heavy atom. The van der Waals surface area contributed by atoms with Crippen molar-refractivity contribution in [2.75, 3.05) is 11.9 Å². The maximum atomic E-state index is 14.0. The van der Waals surface area contributed by atoms with Gasteiger partial charge in [-0.25, -0.2) is 8.78 Å². The van der Waals surface area contributed by atoms with Crippen LogP contribution in [0.1, 0.15) is 22.8 Å². The number of amides is 2. The smallest absolute Gasteiger partial charge is 0.247 e. The molecule has 2 heterocycles. The zero-order valence-electron chi connectivity index (χ0n) is 17.2. The molecular weight excluding hydrogens is 416 g/mol. The SMILES string of the molecule is C=CC(=O)Nc1cccc(CC(=O)N2CCn3c(Cc4cccc(F)c4F)nnc3C2)c1. The normalized spacial score (nSPS) is 12.9. The number of nitrogens with one attached hydrogen (secondary N) is 1. The minimum absolute atomic E-state index is 0.0795. The summed E-state index contributed by atoms with van der Waals surface area (Å²) < 4.78 is 29.3. The lowest BCUT2D eigenvalue weighted by atomic mass is 10.1. The minimum atomic E-state index is -0.897. The molecule has 7 nitrogen and oxygen atoms in total. The van der Waals surface area contributed by atoms with Gasteiger partial charge in [0.15, 0.2) is 17.5 Å². The van der Waals surface area contributed by atoms with Crippen LogP contribution < -0.4 is 5.32 Å². The Labute approximate surface area is 183 Å². The highest BCUT2D eigenvalue weighted by Crippen LogP contribution is 2.19. The van der Waals surface area contributed by atoms with E-state index in [9.17, 15) is 18.4 Å². The van der Waals surface area contributed by atoms with E-state index in [-0.39, 0.29) is 36.8 Å². The van der Waals surface area contributed by atoms with Gasteiger partial charge in [-0.05, 0) is 35.4 Å². The lowest BCUT2D eigenvalue weighted by Crippen LogP contribution is -2.39. The predicted octanol–water partition coefficient (Wildman–Crippen LogP) is 2.86.